The highest BCUT2D eigenvalue weighted by Crippen LogP contribution is 2.14. The molecular weight excluding hydrogens is 865 g/mol. The molecule has 0 fully saturated rings. The minimum absolute atomic E-state index is 0.112. The molecular formula is C64H106O6. The van der Waals surface area contributed by atoms with Gasteiger partial charge in [-0.2, -0.15) is 0 Å². The van der Waals surface area contributed by atoms with Gasteiger partial charge in [-0.25, -0.2) is 0 Å². The van der Waals surface area contributed by atoms with Crippen LogP contribution in [0.15, 0.2) is 109 Å². The molecule has 0 N–H and O–H groups in total. The van der Waals surface area contributed by atoms with Crippen molar-refractivity contribution in [3.8, 4) is 0 Å². The van der Waals surface area contributed by atoms with E-state index >= 15 is 0 Å². The highest BCUT2D eigenvalue weighted by molar-refractivity contribution is 5.71. The van der Waals surface area contributed by atoms with Crippen molar-refractivity contribution in [2.45, 2.75) is 264 Å². The van der Waals surface area contributed by atoms with Gasteiger partial charge in [-0.05, 0) is 116 Å². The number of ether oxygens (including phenoxy) is 3. The number of unbranched alkanes of at least 4 members (excludes halogenated alkanes) is 23. The molecule has 0 radical (unpaired) electrons. The Morgan fingerprint density at radius 2 is 0.614 bits per heavy atom. The topological polar surface area (TPSA) is 78.9 Å². The van der Waals surface area contributed by atoms with E-state index in [1.54, 1.807) is 0 Å². The maximum atomic E-state index is 12.8. The predicted octanol–water partition coefficient (Wildman–Crippen LogP) is 19.5. The third-order valence-electron chi connectivity index (χ3n) is 12.0. The fraction of sp³-hybridized carbons (Fsp3) is 0.672. The second-order valence-electron chi connectivity index (χ2n) is 18.8. The summed E-state index contributed by atoms with van der Waals surface area (Å²) < 4.78 is 16.8. The summed E-state index contributed by atoms with van der Waals surface area (Å²) in [6.45, 7) is 6.43. The Hall–Kier alpha value is -3.93. The van der Waals surface area contributed by atoms with Gasteiger partial charge in [-0.1, -0.05) is 233 Å². The zero-order chi connectivity index (χ0) is 50.7. The molecule has 6 nitrogen and oxygen atoms in total. The summed E-state index contributed by atoms with van der Waals surface area (Å²) in [4.78, 5) is 38.2. The van der Waals surface area contributed by atoms with E-state index in [0.717, 1.165) is 103 Å². The zero-order valence-corrected chi connectivity index (χ0v) is 45.5. The van der Waals surface area contributed by atoms with Gasteiger partial charge < -0.3 is 14.2 Å². The predicted molar refractivity (Wildman–Crippen MR) is 302 cm³/mol. The molecule has 398 valence electrons. The van der Waals surface area contributed by atoms with Crippen LogP contribution in [0.5, 0.6) is 0 Å². The average Bonchev–Trinajstić information content (AvgIpc) is 3.36. The van der Waals surface area contributed by atoms with E-state index in [1.807, 2.05) is 0 Å². The van der Waals surface area contributed by atoms with E-state index in [0.29, 0.717) is 19.3 Å². The van der Waals surface area contributed by atoms with E-state index in [4.69, 9.17) is 14.2 Å². The molecule has 0 saturated heterocycles. The molecule has 1 unspecified atom stereocenters. The van der Waals surface area contributed by atoms with Crippen LogP contribution < -0.4 is 0 Å². The third kappa shape index (κ3) is 55.0. The smallest absolute Gasteiger partial charge is 0.306 e. The molecule has 0 aromatic carbocycles. The number of esters is 3. The van der Waals surface area contributed by atoms with Crippen LogP contribution in [0.1, 0.15) is 258 Å². The van der Waals surface area contributed by atoms with Crippen LogP contribution in [0.25, 0.3) is 0 Å². The molecule has 1 atom stereocenters. The summed E-state index contributed by atoms with van der Waals surface area (Å²) in [6, 6.07) is 0. The van der Waals surface area contributed by atoms with Gasteiger partial charge >= 0.3 is 17.9 Å². The number of carbonyl (C=O) groups excluding carboxylic acids is 3. The van der Waals surface area contributed by atoms with Gasteiger partial charge in [-0.3, -0.25) is 14.4 Å². The van der Waals surface area contributed by atoms with Crippen molar-refractivity contribution in [3.63, 3.8) is 0 Å². The second kappa shape index (κ2) is 57.6. The lowest BCUT2D eigenvalue weighted by Crippen LogP contribution is -2.30. The quantitative estimate of drug-likeness (QED) is 0.0199. The molecule has 0 heterocycles. The first-order valence-electron chi connectivity index (χ1n) is 28.9. The van der Waals surface area contributed by atoms with Crippen molar-refractivity contribution in [3.05, 3.63) is 109 Å². The molecule has 70 heavy (non-hydrogen) atoms. The second-order valence-corrected chi connectivity index (χ2v) is 18.8. The summed E-state index contributed by atoms with van der Waals surface area (Å²) in [5.74, 6) is -1.00. The van der Waals surface area contributed by atoms with E-state index in [9.17, 15) is 14.4 Å². The molecule has 6 heteroatoms. The Morgan fingerprint density at radius 1 is 0.314 bits per heavy atom. The lowest BCUT2D eigenvalue weighted by molar-refractivity contribution is -0.167. The summed E-state index contributed by atoms with van der Waals surface area (Å²) in [7, 11) is 0. The fourth-order valence-corrected chi connectivity index (χ4v) is 7.67. The van der Waals surface area contributed by atoms with Crippen LogP contribution in [-0.2, 0) is 28.6 Å². The molecule has 0 amide bonds. The molecule has 0 rings (SSSR count). The average molecular weight is 972 g/mol. The van der Waals surface area contributed by atoms with E-state index in [-0.39, 0.29) is 37.5 Å². The minimum Gasteiger partial charge on any atom is -0.462 e. The number of hydrogen-bond donors (Lipinski definition) is 0. The Kier molecular flexibility index (Phi) is 54.4. The molecule has 0 aromatic rings. The Balaban J connectivity index is 4.52. The van der Waals surface area contributed by atoms with Crippen LogP contribution >= 0.6 is 0 Å². The van der Waals surface area contributed by atoms with Crippen LogP contribution in [0.4, 0.5) is 0 Å². The SMILES string of the molecule is CC/C=C\C/C=C\C/C=C\CCCCCCCCCCCC(=O)OCC(COC(=O)CCCCC/C=C\C=C/CCCCCCCCC)OC(=O)CCC/C=C\C/C=C\C/C=C\C/C=C\CCCCC. The van der Waals surface area contributed by atoms with Gasteiger partial charge in [-0.15, -0.1) is 0 Å². The Bertz CT molecular complexity index is 1440. The van der Waals surface area contributed by atoms with E-state index < -0.39 is 6.10 Å². The first-order valence-corrected chi connectivity index (χ1v) is 28.9. The van der Waals surface area contributed by atoms with Crippen molar-refractivity contribution in [2.75, 3.05) is 13.2 Å². The molecule has 0 aromatic heterocycles. The number of hydrogen-bond acceptors (Lipinski definition) is 6. The van der Waals surface area contributed by atoms with Gasteiger partial charge in [0.25, 0.3) is 0 Å². The van der Waals surface area contributed by atoms with Gasteiger partial charge in [0.2, 0.25) is 0 Å². The van der Waals surface area contributed by atoms with Crippen molar-refractivity contribution < 1.29 is 28.6 Å². The van der Waals surface area contributed by atoms with Crippen LogP contribution in [0, 0.1) is 0 Å². The Labute approximate surface area is 431 Å². The monoisotopic (exact) mass is 971 g/mol. The van der Waals surface area contributed by atoms with Crippen LogP contribution in [0.3, 0.4) is 0 Å². The summed E-state index contributed by atoms with van der Waals surface area (Å²) >= 11 is 0. The summed E-state index contributed by atoms with van der Waals surface area (Å²) in [5.41, 5.74) is 0. The number of carbonyl (C=O) groups is 3. The van der Waals surface area contributed by atoms with E-state index in [2.05, 4.69) is 130 Å². The highest BCUT2D eigenvalue weighted by Gasteiger charge is 2.19. The maximum Gasteiger partial charge on any atom is 0.306 e. The van der Waals surface area contributed by atoms with Gasteiger partial charge in [0.05, 0.1) is 0 Å². The Morgan fingerprint density at radius 3 is 1.04 bits per heavy atom. The van der Waals surface area contributed by atoms with Crippen LogP contribution in [-0.4, -0.2) is 37.2 Å². The molecule has 0 aliphatic heterocycles. The zero-order valence-electron chi connectivity index (χ0n) is 45.5. The van der Waals surface area contributed by atoms with Crippen molar-refractivity contribution in [1.29, 1.82) is 0 Å². The third-order valence-corrected chi connectivity index (χ3v) is 12.0. The van der Waals surface area contributed by atoms with Gasteiger partial charge in [0, 0.05) is 19.3 Å². The number of allylic oxidation sites excluding steroid dienone is 18. The minimum atomic E-state index is -0.822. The molecule has 0 saturated carbocycles. The normalized spacial score (nSPS) is 12.9. The summed E-state index contributed by atoms with van der Waals surface area (Å²) in [5, 5.41) is 0. The number of rotatable bonds is 51. The van der Waals surface area contributed by atoms with Crippen LogP contribution in [0.2, 0.25) is 0 Å². The fourth-order valence-electron chi connectivity index (χ4n) is 7.67. The van der Waals surface area contributed by atoms with Gasteiger partial charge in [0.15, 0.2) is 6.10 Å². The molecule has 0 spiro atoms. The molecule has 0 aliphatic carbocycles. The molecule has 0 aliphatic rings. The van der Waals surface area contributed by atoms with Crippen molar-refractivity contribution in [1.82, 2.24) is 0 Å². The van der Waals surface area contributed by atoms with E-state index in [1.165, 1.54) is 109 Å². The lowest BCUT2D eigenvalue weighted by atomic mass is 10.1. The van der Waals surface area contributed by atoms with Crippen molar-refractivity contribution >= 4 is 17.9 Å². The van der Waals surface area contributed by atoms with Gasteiger partial charge in [0.1, 0.15) is 13.2 Å². The lowest BCUT2D eigenvalue weighted by Gasteiger charge is -2.18. The molecule has 0 bridgehead atoms. The highest BCUT2D eigenvalue weighted by atomic mass is 16.6. The summed E-state index contributed by atoms with van der Waals surface area (Å²) in [6.07, 6.45) is 78.0. The first-order chi connectivity index (χ1) is 34.5. The largest absolute Gasteiger partial charge is 0.462 e. The standard InChI is InChI=1S/C64H106O6/c1-4-7-10-13-16-19-22-25-28-31-32-34-36-39-42-45-48-51-54-57-63(66)69-60-61(59-68-62(65)56-53-50-47-44-41-38-35-30-27-24-21-18-15-12-9-6-3)70-64(67)58-55-52-49-46-43-40-37-33-29-26-23-20-17-14-11-8-5-2/h7,10,16-17,19-20,25-26,28-30,35,37-38,40-41,46,49,61H,4-6,8-9,11-15,18,21-24,27,31-34,36,39,42-45,47-48,50-60H2,1-3H3/b10-7-,19-16-,20-17-,28-25-,29-26-,35-30-,40-37-,41-38-,49-46-. The first kappa shape index (κ1) is 66.1. The maximum absolute atomic E-state index is 12.8. The van der Waals surface area contributed by atoms with Crippen molar-refractivity contribution in [2.24, 2.45) is 0 Å².